The Labute approximate surface area is 114 Å². The number of nitrogens with one attached hydrogen (secondary N) is 1. The molecule has 0 spiro atoms. The van der Waals surface area contributed by atoms with E-state index >= 15 is 0 Å². The quantitative estimate of drug-likeness (QED) is 0.921. The van der Waals surface area contributed by atoms with Crippen molar-refractivity contribution in [3.63, 3.8) is 0 Å². The Kier molecular flexibility index (Phi) is 5.16. The summed E-state index contributed by atoms with van der Waals surface area (Å²) in [4.78, 5) is 15.3. The lowest BCUT2D eigenvalue weighted by Crippen LogP contribution is -2.33. The molecule has 1 aliphatic rings. The third-order valence-electron chi connectivity index (χ3n) is 2.83. The van der Waals surface area contributed by atoms with Crippen LogP contribution in [0, 0.1) is 0 Å². The van der Waals surface area contributed by atoms with E-state index in [1.54, 1.807) is 11.3 Å². The van der Waals surface area contributed by atoms with Gasteiger partial charge >= 0.3 is 0 Å². The molecule has 1 fully saturated rings. The van der Waals surface area contributed by atoms with Crippen molar-refractivity contribution >= 4 is 33.0 Å². The minimum Gasteiger partial charge on any atom is -0.315 e. The first kappa shape index (κ1) is 13.2. The van der Waals surface area contributed by atoms with Crippen LogP contribution in [0.1, 0.15) is 11.3 Å². The molecular formula is C12H17BrN2OS. The first-order valence-electron chi connectivity index (χ1n) is 5.92. The first-order chi connectivity index (χ1) is 8.24. The van der Waals surface area contributed by atoms with Crippen LogP contribution < -0.4 is 5.32 Å². The van der Waals surface area contributed by atoms with Gasteiger partial charge in [-0.2, -0.15) is 0 Å². The summed E-state index contributed by atoms with van der Waals surface area (Å²) in [6.45, 7) is 4.68. The molecule has 0 aromatic carbocycles. The average Bonchev–Trinajstić information content (AvgIpc) is 2.53. The van der Waals surface area contributed by atoms with Gasteiger partial charge in [-0.15, -0.1) is 11.3 Å². The van der Waals surface area contributed by atoms with Crippen LogP contribution in [-0.4, -0.2) is 43.4 Å². The number of thiophene rings is 1. The molecular weight excluding hydrogens is 300 g/mol. The first-order valence-corrected chi connectivity index (χ1v) is 7.59. The van der Waals surface area contributed by atoms with Gasteiger partial charge < -0.3 is 5.32 Å². The summed E-state index contributed by atoms with van der Waals surface area (Å²) in [5.74, 6) is 0.321. The van der Waals surface area contributed by atoms with Crippen molar-refractivity contribution < 1.29 is 4.79 Å². The Bertz CT molecular complexity index is 372. The lowest BCUT2D eigenvalue weighted by atomic mass is 10.2. The molecule has 1 saturated heterocycles. The number of hydrogen-bond donors (Lipinski definition) is 1. The van der Waals surface area contributed by atoms with Crippen molar-refractivity contribution in [1.82, 2.24) is 10.2 Å². The van der Waals surface area contributed by atoms with Gasteiger partial charge in [0.15, 0.2) is 5.78 Å². The summed E-state index contributed by atoms with van der Waals surface area (Å²) in [5.41, 5.74) is 0. The number of halogens is 1. The van der Waals surface area contributed by atoms with E-state index in [2.05, 4.69) is 26.1 Å². The maximum absolute atomic E-state index is 11.9. The van der Waals surface area contributed by atoms with Crippen LogP contribution in [0.2, 0.25) is 0 Å². The largest absolute Gasteiger partial charge is 0.315 e. The van der Waals surface area contributed by atoms with Gasteiger partial charge in [-0.05, 0) is 41.5 Å². The van der Waals surface area contributed by atoms with Crippen molar-refractivity contribution in [2.75, 3.05) is 32.7 Å². The zero-order chi connectivity index (χ0) is 12.1. The Morgan fingerprint density at radius 2 is 2.35 bits per heavy atom. The minimum absolute atomic E-state index is 0.321. The van der Waals surface area contributed by atoms with Crippen LogP contribution in [-0.2, 0) is 11.2 Å². The number of carbonyl (C=O) groups is 1. The van der Waals surface area contributed by atoms with Crippen LogP contribution in [0.5, 0.6) is 0 Å². The zero-order valence-electron chi connectivity index (χ0n) is 9.75. The smallest absolute Gasteiger partial charge is 0.152 e. The molecule has 1 aromatic heterocycles. The van der Waals surface area contributed by atoms with E-state index in [1.807, 2.05) is 11.4 Å². The summed E-state index contributed by atoms with van der Waals surface area (Å²) in [7, 11) is 0. The van der Waals surface area contributed by atoms with Gasteiger partial charge in [0, 0.05) is 34.2 Å². The van der Waals surface area contributed by atoms with Crippen LogP contribution in [0.15, 0.2) is 15.9 Å². The number of carbonyl (C=O) groups excluding carboxylic acids is 1. The van der Waals surface area contributed by atoms with E-state index in [9.17, 15) is 4.79 Å². The SMILES string of the molecule is O=C(Cc1cc(Br)cs1)CN1CCCNCC1. The second-order valence-corrected chi connectivity index (χ2v) is 6.24. The fourth-order valence-electron chi connectivity index (χ4n) is 2.01. The van der Waals surface area contributed by atoms with E-state index in [1.165, 1.54) is 0 Å². The highest BCUT2D eigenvalue weighted by Gasteiger charge is 2.13. The molecule has 3 nitrogen and oxygen atoms in total. The summed E-state index contributed by atoms with van der Waals surface area (Å²) < 4.78 is 1.07. The highest BCUT2D eigenvalue weighted by molar-refractivity contribution is 9.10. The van der Waals surface area contributed by atoms with Crippen molar-refractivity contribution in [1.29, 1.82) is 0 Å². The van der Waals surface area contributed by atoms with Crippen LogP contribution >= 0.6 is 27.3 Å². The minimum atomic E-state index is 0.321. The summed E-state index contributed by atoms with van der Waals surface area (Å²) in [6, 6.07) is 2.03. The molecule has 0 saturated carbocycles. The monoisotopic (exact) mass is 316 g/mol. The molecule has 1 aromatic rings. The summed E-state index contributed by atoms with van der Waals surface area (Å²) in [5, 5.41) is 5.37. The second kappa shape index (κ2) is 6.64. The third-order valence-corrected chi connectivity index (χ3v) is 4.52. The van der Waals surface area contributed by atoms with Crippen LogP contribution in [0.4, 0.5) is 0 Å². The molecule has 0 amide bonds. The van der Waals surface area contributed by atoms with E-state index in [0.717, 1.165) is 41.9 Å². The number of nitrogens with zero attached hydrogens (tertiary/aromatic N) is 1. The highest BCUT2D eigenvalue weighted by atomic mass is 79.9. The van der Waals surface area contributed by atoms with Crippen molar-refractivity contribution in [3.05, 3.63) is 20.8 Å². The normalized spacial score (nSPS) is 17.9. The fraction of sp³-hybridized carbons (Fsp3) is 0.583. The maximum Gasteiger partial charge on any atom is 0.152 e. The Morgan fingerprint density at radius 3 is 3.12 bits per heavy atom. The Hall–Kier alpha value is -0.230. The molecule has 94 valence electrons. The molecule has 1 N–H and O–H groups in total. The number of ketones is 1. The molecule has 2 heterocycles. The highest BCUT2D eigenvalue weighted by Crippen LogP contribution is 2.20. The summed E-state index contributed by atoms with van der Waals surface area (Å²) >= 11 is 5.06. The van der Waals surface area contributed by atoms with Crippen LogP contribution in [0.25, 0.3) is 0 Å². The van der Waals surface area contributed by atoms with Gasteiger partial charge in [0.2, 0.25) is 0 Å². The molecule has 17 heavy (non-hydrogen) atoms. The van der Waals surface area contributed by atoms with E-state index in [4.69, 9.17) is 0 Å². The summed E-state index contributed by atoms with van der Waals surface area (Å²) in [6.07, 6.45) is 1.71. The van der Waals surface area contributed by atoms with Gasteiger partial charge in [-0.3, -0.25) is 9.69 Å². The molecule has 0 unspecified atom stereocenters. The molecule has 0 atom stereocenters. The second-order valence-electron chi connectivity index (χ2n) is 4.33. The van der Waals surface area contributed by atoms with Gasteiger partial charge in [0.1, 0.15) is 0 Å². The average molecular weight is 317 g/mol. The van der Waals surface area contributed by atoms with Gasteiger partial charge in [0.25, 0.3) is 0 Å². The van der Waals surface area contributed by atoms with E-state index in [-0.39, 0.29) is 0 Å². The van der Waals surface area contributed by atoms with E-state index in [0.29, 0.717) is 18.7 Å². The van der Waals surface area contributed by atoms with Crippen molar-refractivity contribution in [2.45, 2.75) is 12.8 Å². The topological polar surface area (TPSA) is 32.3 Å². The van der Waals surface area contributed by atoms with Gasteiger partial charge in [0.05, 0.1) is 6.54 Å². The molecule has 5 heteroatoms. The standard InChI is InChI=1S/C12H17BrN2OS/c13-10-6-12(17-9-10)7-11(16)8-15-4-1-2-14-3-5-15/h6,9,14H,1-5,7-8H2. The number of Topliss-reactive ketones (excluding diaryl/α,β-unsaturated/α-hetero) is 1. The lowest BCUT2D eigenvalue weighted by molar-refractivity contribution is -0.119. The van der Waals surface area contributed by atoms with E-state index < -0.39 is 0 Å². The maximum atomic E-state index is 11.9. The van der Waals surface area contributed by atoms with Crippen molar-refractivity contribution in [3.8, 4) is 0 Å². The lowest BCUT2D eigenvalue weighted by Gasteiger charge is -2.17. The molecule has 0 bridgehead atoms. The zero-order valence-corrected chi connectivity index (χ0v) is 12.1. The number of rotatable bonds is 4. The predicted octanol–water partition coefficient (Wildman–Crippen LogP) is 1.92. The number of hydrogen-bond acceptors (Lipinski definition) is 4. The third kappa shape index (κ3) is 4.50. The molecule has 2 rings (SSSR count). The van der Waals surface area contributed by atoms with Gasteiger partial charge in [-0.1, -0.05) is 0 Å². The van der Waals surface area contributed by atoms with Gasteiger partial charge in [-0.25, -0.2) is 0 Å². The molecule has 1 aliphatic heterocycles. The van der Waals surface area contributed by atoms with Crippen molar-refractivity contribution in [2.24, 2.45) is 0 Å². The molecule has 0 radical (unpaired) electrons. The molecule has 0 aliphatic carbocycles. The Morgan fingerprint density at radius 1 is 1.47 bits per heavy atom. The van der Waals surface area contributed by atoms with Crippen LogP contribution in [0.3, 0.4) is 0 Å². The predicted molar refractivity (Wildman–Crippen MR) is 74.7 cm³/mol. The fourth-order valence-corrected chi connectivity index (χ4v) is 3.49. The Balaban J connectivity index is 1.80.